The maximum Gasteiger partial charge on any atom is 0.218 e. The van der Waals surface area contributed by atoms with Gasteiger partial charge < -0.3 is 5.32 Å². The zero-order chi connectivity index (χ0) is 13.8. The maximum atomic E-state index is 12.6. The lowest BCUT2D eigenvalue weighted by Gasteiger charge is -2.32. The van der Waals surface area contributed by atoms with Crippen molar-refractivity contribution in [1.82, 2.24) is 9.62 Å². The van der Waals surface area contributed by atoms with Crippen LogP contribution in [0.25, 0.3) is 0 Å². The standard InChI is InChI=1S/C13H28N2O2S/c1-11(2)9-15(10-12(3)4)18(16,17)13-6-5-7-14-8-13/h11-14H,5-10H2,1-4H3. The fraction of sp³-hybridized carbons (Fsp3) is 1.00. The highest BCUT2D eigenvalue weighted by atomic mass is 32.2. The second-order valence-electron chi connectivity index (χ2n) is 6.12. The molecule has 0 aromatic heterocycles. The molecule has 1 aliphatic heterocycles. The Morgan fingerprint density at radius 2 is 1.72 bits per heavy atom. The molecule has 0 saturated carbocycles. The van der Waals surface area contributed by atoms with Gasteiger partial charge in [0.2, 0.25) is 10.0 Å². The quantitative estimate of drug-likeness (QED) is 0.803. The van der Waals surface area contributed by atoms with Crippen LogP contribution in [0.5, 0.6) is 0 Å². The van der Waals surface area contributed by atoms with E-state index in [2.05, 4.69) is 33.0 Å². The van der Waals surface area contributed by atoms with Gasteiger partial charge in [0.25, 0.3) is 0 Å². The predicted octanol–water partition coefficient (Wildman–Crippen LogP) is 1.68. The highest BCUT2D eigenvalue weighted by molar-refractivity contribution is 7.89. The van der Waals surface area contributed by atoms with E-state index in [0.717, 1.165) is 19.4 Å². The molecule has 4 nitrogen and oxygen atoms in total. The van der Waals surface area contributed by atoms with E-state index in [4.69, 9.17) is 0 Å². The number of nitrogens with zero attached hydrogens (tertiary/aromatic N) is 1. The van der Waals surface area contributed by atoms with Crippen molar-refractivity contribution in [3.63, 3.8) is 0 Å². The number of piperidine rings is 1. The first kappa shape index (κ1) is 15.9. The molecule has 0 aromatic rings. The third-order valence-corrected chi connectivity index (χ3v) is 5.43. The molecule has 0 aromatic carbocycles. The maximum absolute atomic E-state index is 12.6. The summed E-state index contributed by atoms with van der Waals surface area (Å²) in [7, 11) is -3.14. The lowest BCUT2D eigenvalue weighted by molar-refractivity contribution is 0.324. The Morgan fingerprint density at radius 1 is 1.17 bits per heavy atom. The molecule has 1 heterocycles. The monoisotopic (exact) mass is 276 g/mol. The molecule has 1 aliphatic rings. The summed E-state index contributed by atoms with van der Waals surface area (Å²) < 4.78 is 27.0. The molecule has 1 atom stereocenters. The Balaban J connectivity index is 2.80. The average Bonchev–Trinajstić information content (AvgIpc) is 2.28. The van der Waals surface area contributed by atoms with E-state index in [1.165, 1.54) is 0 Å². The van der Waals surface area contributed by atoms with E-state index in [1.807, 2.05) is 0 Å². The minimum Gasteiger partial charge on any atom is -0.315 e. The van der Waals surface area contributed by atoms with Gasteiger partial charge in [-0.2, -0.15) is 0 Å². The third kappa shape index (κ3) is 4.52. The molecule has 0 spiro atoms. The number of nitrogens with one attached hydrogen (secondary N) is 1. The van der Waals surface area contributed by atoms with Gasteiger partial charge >= 0.3 is 0 Å². The zero-order valence-electron chi connectivity index (χ0n) is 12.1. The van der Waals surface area contributed by atoms with Gasteiger partial charge in [0.05, 0.1) is 5.25 Å². The second-order valence-corrected chi connectivity index (χ2v) is 8.33. The van der Waals surface area contributed by atoms with E-state index in [1.54, 1.807) is 4.31 Å². The van der Waals surface area contributed by atoms with Gasteiger partial charge in [-0.1, -0.05) is 27.7 Å². The Hall–Kier alpha value is -0.130. The van der Waals surface area contributed by atoms with Crippen LogP contribution >= 0.6 is 0 Å². The molecular weight excluding hydrogens is 248 g/mol. The van der Waals surface area contributed by atoms with Crippen LogP contribution in [-0.2, 0) is 10.0 Å². The van der Waals surface area contributed by atoms with Crippen molar-refractivity contribution >= 4 is 10.0 Å². The topological polar surface area (TPSA) is 49.4 Å². The van der Waals surface area contributed by atoms with E-state index < -0.39 is 10.0 Å². The first-order valence-corrected chi connectivity index (χ1v) is 8.54. The SMILES string of the molecule is CC(C)CN(CC(C)C)S(=O)(=O)C1CCCNC1. The molecule has 1 unspecified atom stereocenters. The van der Waals surface area contributed by atoms with Crippen LogP contribution in [0.1, 0.15) is 40.5 Å². The number of hydrogen-bond donors (Lipinski definition) is 1. The first-order valence-electron chi connectivity index (χ1n) is 7.03. The van der Waals surface area contributed by atoms with Crippen molar-refractivity contribution in [2.24, 2.45) is 11.8 Å². The summed E-state index contributed by atoms with van der Waals surface area (Å²) in [6.45, 7) is 11.1. The zero-order valence-corrected chi connectivity index (χ0v) is 13.0. The summed E-state index contributed by atoms with van der Waals surface area (Å²) in [5.41, 5.74) is 0. The summed E-state index contributed by atoms with van der Waals surface area (Å²) in [6.07, 6.45) is 1.75. The van der Waals surface area contributed by atoms with Gasteiger partial charge in [-0.05, 0) is 31.2 Å². The van der Waals surface area contributed by atoms with Crippen LogP contribution in [0.2, 0.25) is 0 Å². The molecule has 18 heavy (non-hydrogen) atoms. The number of rotatable bonds is 6. The highest BCUT2D eigenvalue weighted by Gasteiger charge is 2.33. The van der Waals surface area contributed by atoms with Crippen molar-refractivity contribution in [3.05, 3.63) is 0 Å². The van der Waals surface area contributed by atoms with E-state index in [9.17, 15) is 8.42 Å². The van der Waals surface area contributed by atoms with Gasteiger partial charge in [0.1, 0.15) is 0 Å². The van der Waals surface area contributed by atoms with Crippen molar-refractivity contribution in [1.29, 1.82) is 0 Å². The van der Waals surface area contributed by atoms with E-state index in [0.29, 0.717) is 31.5 Å². The minimum atomic E-state index is -3.14. The fourth-order valence-electron chi connectivity index (χ4n) is 2.38. The van der Waals surface area contributed by atoms with Crippen LogP contribution < -0.4 is 5.32 Å². The molecule has 1 N–H and O–H groups in total. The Bertz CT molecular complexity index is 323. The first-order chi connectivity index (χ1) is 8.34. The normalized spacial score (nSPS) is 22.1. The third-order valence-electron chi connectivity index (χ3n) is 3.17. The molecule has 0 aliphatic carbocycles. The smallest absolute Gasteiger partial charge is 0.218 e. The van der Waals surface area contributed by atoms with Crippen molar-refractivity contribution < 1.29 is 8.42 Å². The summed E-state index contributed by atoms with van der Waals surface area (Å²) in [5.74, 6) is 0.741. The lowest BCUT2D eigenvalue weighted by atomic mass is 10.2. The van der Waals surface area contributed by atoms with Crippen LogP contribution in [0, 0.1) is 11.8 Å². The fourth-order valence-corrected chi connectivity index (χ4v) is 4.61. The average molecular weight is 276 g/mol. The number of sulfonamides is 1. The van der Waals surface area contributed by atoms with Gasteiger partial charge in [-0.3, -0.25) is 0 Å². The summed E-state index contributed by atoms with van der Waals surface area (Å²) >= 11 is 0. The second kappa shape index (κ2) is 6.87. The Morgan fingerprint density at radius 3 is 2.11 bits per heavy atom. The van der Waals surface area contributed by atoms with Gasteiger partial charge in [0.15, 0.2) is 0 Å². The largest absolute Gasteiger partial charge is 0.315 e. The summed E-state index contributed by atoms with van der Waals surface area (Å²) in [4.78, 5) is 0. The molecule has 1 fully saturated rings. The molecule has 0 amide bonds. The molecule has 1 rings (SSSR count). The predicted molar refractivity (Wildman–Crippen MR) is 76.1 cm³/mol. The van der Waals surface area contributed by atoms with E-state index >= 15 is 0 Å². The molecule has 108 valence electrons. The van der Waals surface area contributed by atoms with Crippen molar-refractivity contribution in [3.8, 4) is 0 Å². The van der Waals surface area contributed by atoms with Crippen molar-refractivity contribution in [2.75, 3.05) is 26.2 Å². The Labute approximate surface area is 112 Å². The number of hydrogen-bond acceptors (Lipinski definition) is 3. The van der Waals surface area contributed by atoms with Crippen LogP contribution in [0.3, 0.4) is 0 Å². The molecule has 1 saturated heterocycles. The van der Waals surface area contributed by atoms with E-state index in [-0.39, 0.29) is 5.25 Å². The Kier molecular flexibility index (Phi) is 6.08. The van der Waals surface area contributed by atoms with Crippen LogP contribution in [-0.4, -0.2) is 44.2 Å². The van der Waals surface area contributed by atoms with Crippen molar-refractivity contribution in [2.45, 2.75) is 45.8 Å². The highest BCUT2D eigenvalue weighted by Crippen LogP contribution is 2.19. The van der Waals surface area contributed by atoms with Crippen LogP contribution in [0.4, 0.5) is 0 Å². The molecule has 0 bridgehead atoms. The molecule has 0 radical (unpaired) electrons. The lowest BCUT2D eigenvalue weighted by Crippen LogP contribution is -2.48. The molecular formula is C13H28N2O2S. The van der Waals surface area contributed by atoms with Gasteiger partial charge in [0, 0.05) is 19.6 Å². The summed E-state index contributed by atoms with van der Waals surface area (Å²) in [6, 6.07) is 0. The minimum absolute atomic E-state index is 0.233. The van der Waals surface area contributed by atoms with Gasteiger partial charge in [-0.25, -0.2) is 12.7 Å². The molecule has 5 heteroatoms. The van der Waals surface area contributed by atoms with Crippen LogP contribution in [0.15, 0.2) is 0 Å². The van der Waals surface area contributed by atoms with Gasteiger partial charge in [-0.15, -0.1) is 0 Å². The summed E-state index contributed by atoms with van der Waals surface area (Å²) in [5, 5.41) is 2.96.